The fraction of sp³-hybridized carbons (Fsp3) is 0.455. The van der Waals surface area contributed by atoms with Crippen LogP contribution in [0.2, 0.25) is 0 Å². The zero-order valence-electron chi connectivity index (χ0n) is 14.3. The van der Waals surface area contributed by atoms with Gasteiger partial charge in [-0.05, 0) is 25.3 Å². The van der Waals surface area contributed by atoms with E-state index in [0.717, 1.165) is 5.92 Å². The molecule has 2 bridgehead atoms. The molecule has 1 saturated carbocycles. The van der Waals surface area contributed by atoms with E-state index in [1.807, 2.05) is 0 Å². The molecule has 2 aliphatic heterocycles. The molecule has 1 fully saturated rings. The van der Waals surface area contributed by atoms with Gasteiger partial charge in [0.05, 0.1) is 13.6 Å². The molecule has 0 unspecified atom stereocenters. The van der Waals surface area contributed by atoms with Gasteiger partial charge in [-0.1, -0.05) is 55.0 Å². The first kappa shape index (κ1) is 13.8. The second-order valence-corrected chi connectivity index (χ2v) is 8.28. The maximum atomic E-state index is 2.54. The molecule has 0 radical (unpaired) electrons. The number of nitrogens with zero attached hydrogens (tertiary/aromatic N) is 1. The molecule has 23 heavy (non-hydrogen) atoms. The molecule has 0 amide bonds. The van der Waals surface area contributed by atoms with Gasteiger partial charge < -0.3 is 4.48 Å². The molecule has 2 aromatic rings. The normalized spacial score (nSPS) is 34.6. The summed E-state index contributed by atoms with van der Waals surface area (Å²) < 4.78 is 1.19. The van der Waals surface area contributed by atoms with Crippen LogP contribution in [-0.4, -0.2) is 18.1 Å². The zero-order valence-corrected chi connectivity index (χ0v) is 14.3. The van der Waals surface area contributed by atoms with Crippen LogP contribution in [0.4, 0.5) is 0 Å². The number of rotatable bonds is 2. The van der Waals surface area contributed by atoms with Gasteiger partial charge in [0.25, 0.3) is 0 Å². The smallest absolute Gasteiger partial charge is 0.149 e. The SMILES string of the molecule is C[C@@]12c3ccccc3C[C@@H](c3ccccc31)[N@@+]2(C)CC1CCC1. The van der Waals surface area contributed by atoms with E-state index >= 15 is 0 Å². The van der Waals surface area contributed by atoms with E-state index in [1.165, 1.54) is 36.7 Å². The average molecular weight is 304 g/mol. The predicted octanol–water partition coefficient (Wildman–Crippen LogP) is 4.81. The van der Waals surface area contributed by atoms with Crippen molar-refractivity contribution < 1.29 is 4.48 Å². The van der Waals surface area contributed by atoms with Crippen molar-refractivity contribution in [3.05, 3.63) is 70.8 Å². The first-order valence-electron chi connectivity index (χ1n) is 9.18. The third-order valence-electron chi connectivity index (χ3n) is 7.37. The summed E-state index contributed by atoms with van der Waals surface area (Å²) in [5.41, 5.74) is 6.44. The summed E-state index contributed by atoms with van der Waals surface area (Å²) in [5, 5.41) is 0. The Balaban J connectivity index is 1.76. The van der Waals surface area contributed by atoms with Crippen molar-refractivity contribution in [1.29, 1.82) is 0 Å². The third kappa shape index (κ3) is 1.57. The van der Waals surface area contributed by atoms with Crippen LogP contribution in [0.3, 0.4) is 0 Å². The van der Waals surface area contributed by atoms with E-state index in [9.17, 15) is 0 Å². The molecule has 0 N–H and O–H groups in total. The van der Waals surface area contributed by atoms with Crippen molar-refractivity contribution in [3.63, 3.8) is 0 Å². The Morgan fingerprint density at radius 3 is 2.43 bits per heavy atom. The Hall–Kier alpha value is -1.60. The summed E-state index contributed by atoms with van der Waals surface area (Å²) in [6.45, 7) is 3.85. The van der Waals surface area contributed by atoms with Gasteiger partial charge in [-0.2, -0.15) is 0 Å². The minimum atomic E-state index is 0.117. The fourth-order valence-corrected chi connectivity index (χ4v) is 5.76. The summed E-state index contributed by atoms with van der Waals surface area (Å²) in [6, 6.07) is 19.1. The van der Waals surface area contributed by atoms with Crippen molar-refractivity contribution in [1.82, 2.24) is 0 Å². The van der Waals surface area contributed by atoms with Crippen molar-refractivity contribution in [2.75, 3.05) is 13.6 Å². The van der Waals surface area contributed by atoms with Gasteiger partial charge in [-0.15, -0.1) is 0 Å². The van der Waals surface area contributed by atoms with Crippen LogP contribution in [0.1, 0.15) is 54.5 Å². The maximum Gasteiger partial charge on any atom is 0.149 e. The lowest BCUT2D eigenvalue weighted by Crippen LogP contribution is -2.61. The van der Waals surface area contributed by atoms with Crippen molar-refractivity contribution >= 4 is 0 Å². The molecule has 1 nitrogen and oxygen atoms in total. The molecule has 3 aliphatic rings. The molecular formula is C22H26N+. The summed E-state index contributed by atoms with van der Waals surface area (Å²) in [5.74, 6) is 0.932. The van der Waals surface area contributed by atoms with E-state index < -0.39 is 0 Å². The van der Waals surface area contributed by atoms with Crippen molar-refractivity contribution in [2.45, 2.75) is 44.2 Å². The summed E-state index contributed by atoms with van der Waals surface area (Å²) in [6.07, 6.45) is 5.52. The molecule has 2 heterocycles. The number of hydrogen-bond donors (Lipinski definition) is 0. The molecule has 0 spiro atoms. The molecule has 2 aromatic carbocycles. The Morgan fingerprint density at radius 1 is 1.00 bits per heavy atom. The highest BCUT2D eigenvalue weighted by atomic mass is 15.4. The van der Waals surface area contributed by atoms with Crippen LogP contribution in [0, 0.1) is 5.92 Å². The van der Waals surface area contributed by atoms with Crippen LogP contribution in [0.5, 0.6) is 0 Å². The minimum Gasteiger partial charge on any atom is -0.307 e. The van der Waals surface area contributed by atoms with Crippen LogP contribution in [0.25, 0.3) is 0 Å². The van der Waals surface area contributed by atoms with Gasteiger partial charge >= 0.3 is 0 Å². The second kappa shape index (κ2) is 4.48. The van der Waals surface area contributed by atoms with Crippen molar-refractivity contribution in [3.8, 4) is 0 Å². The highest BCUT2D eigenvalue weighted by Gasteiger charge is 2.62. The van der Waals surface area contributed by atoms with Crippen molar-refractivity contribution in [2.24, 2.45) is 5.92 Å². The van der Waals surface area contributed by atoms with Crippen LogP contribution < -0.4 is 0 Å². The van der Waals surface area contributed by atoms with Gasteiger partial charge in [0, 0.05) is 29.0 Å². The number of hydrogen-bond acceptors (Lipinski definition) is 0. The Kier molecular flexibility index (Phi) is 2.69. The standard InChI is InChI=1S/C22H26N/c1-22-19-12-5-3-10-17(19)14-21(18-11-4-6-13-20(18)22)23(22,2)15-16-8-7-9-16/h3-6,10-13,16,21H,7-9,14-15H2,1-2H3/q+1/t21-,22+,23+/m0/s1. The molecular weight excluding hydrogens is 278 g/mol. The summed E-state index contributed by atoms with van der Waals surface area (Å²) in [7, 11) is 2.54. The highest BCUT2D eigenvalue weighted by molar-refractivity contribution is 5.51. The number of likely N-dealkylation sites (N-methyl/N-ethyl adjacent to an activating group) is 1. The number of quaternary nitrogens is 1. The second-order valence-electron chi connectivity index (χ2n) is 8.28. The molecule has 5 rings (SSSR count). The molecule has 1 aliphatic carbocycles. The molecule has 1 heteroatoms. The zero-order chi connectivity index (χ0) is 15.7. The summed E-state index contributed by atoms with van der Waals surface area (Å²) >= 11 is 0. The Bertz CT molecular complexity index is 762. The van der Waals surface area contributed by atoms with Gasteiger partial charge in [0.15, 0.2) is 0 Å². The predicted molar refractivity (Wildman–Crippen MR) is 94.2 cm³/mol. The van der Waals surface area contributed by atoms with Crippen LogP contribution >= 0.6 is 0 Å². The van der Waals surface area contributed by atoms with Gasteiger partial charge in [0.1, 0.15) is 11.6 Å². The fourth-order valence-electron chi connectivity index (χ4n) is 5.76. The molecule has 0 aromatic heterocycles. The largest absolute Gasteiger partial charge is 0.307 e. The lowest BCUT2D eigenvalue weighted by molar-refractivity contribution is -0.984. The number of fused-ring (bicyclic) bond motifs is 7. The van der Waals surface area contributed by atoms with E-state index in [2.05, 4.69) is 62.5 Å². The quantitative estimate of drug-likeness (QED) is 0.699. The van der Waals surface area contributed by atoms with E-state index in [0.29, 0.717) is 6.04 Å². The molecule has 3 atom stereocenters. The maximum absolute atomic E-state index is 2.54. The van der Waals surface area contributed by atoms with Crippen LogP contribution in [0.15, 0.2) is 48.5 Å². The van der Waals surface area contributed by atoms with Gasteiger partial charge in [0.2, 0.25) is 0 Å². The van der Waals surface area contributed by atoms with Gasteiger partial charge in [-0.25, -0.2) is 0 Å². The summed E-state index contributed by atoms with van der Waals surface area (Å²) in [4.78, 5) is 0. The molecule has 0 saturated heterocycles. The minimum absolute atomic E-state index is 0.117. The van der Waals surface area contributed by atoms with E-state index in [-0.39, 0.29) is 5.54 Å². The Morgan fingerprint density at radius 2 is 1.70 bits per heavy atom. The lowest BCUT2D eigenvalue weighted by atomic mass is 9.76. The topological polar surface area (TPSA) is 0 Å². The lowest BCUT2D eigenvalue weighted by Gasteiger charge is -2.54. The van der Waals surface area contributed by atoms with E-state index in [4.69, 9.17) is 0 Å². The molecule has 118 valence electrons. The Labute approximate surface area is 139 Å². The monoisotopic (exact) mass is 304 g/mol. The van der Waals surface area contributed by atoms with Gasteiger partial charge in [-0.3, -0.25) is 0 Å². The average Bonchev–Trinajstić information content (AvgIpc) is 2.65. The highest BCUT2D eigenvalue weighted by Crippen LogP contribution is 2.60. The third-order valence-corrected chi connectivity index (χ3v) is 7.37. The first-order chi connectivity index (χ1) is 11.1. The van der Waals surface area contributed by atoms with Crippen LogP contribution in [-0.2, 0) is 12.0 Å². The van der Waals surface area contributed by atoms with E-state index in [1.54, 1.807) is 22.3 Å². The number of benzene rings is 2. The first-order valence-corrected chi connectivity index (χ1v) is 9.18.